The molecule has 0 aromatic heterocycles. The van der Waals surface area contributed by atoms with Gasteiger partial charge in [0.2, 0.25) is 0 Å². The second-order valence-corrected chi connectivity index (χ2v) is 5.31. The van der Waals surface area contributed by atoms with Crippen molar-refractivity contribution in [3.05, 3.63) is 59.2 Å². The molecule has 4 heteroatoms. The Hall–Kier alpha value is -2.33. The van der Waals surface area contributed by atoms with Crippen LogP contribution in [0.2, 0.25) is 0 Å². The number of urea groups is 1. The number of nitrogens with one attached hydrogen (secondary N) is 2. The normalized spacial score (nSPS) is 11.8. The van der Waals surface area contributed by atoms with E-state index in [4.69, 9.17) is 5.73 Å². The van der Waals surface area contributed by atoms with E-state index in [1.807, 2.05) is 63.2 Å². The van der Waals surface area contributed by atoms with E-state index in [0.29, 0.717) is 0 Å². The average Bonchev–Trinajstić information content (AvgIpc) is 2.43. The van der Waals surface area contributed by atoms with Crippen molar-refractivity contribution < 1.29 is 4.79 Å². The highest BCUT2D eigenvalue weighted by Gasteiger charge is 2.06. The summed E-state index contributed by atoms with van der Waals surface area (Å²) in [6.07, 6.45) is 0. The minimum Gasteiger partial charge on any atom is -0.324 e. The quantitative estimate of drug-likeness (QED) is 0.798. The van der Waals surface area contributed by atoms with Crippen molar-refractivity contribution in [2.24, 2.45) is 5.73 Å². The van der Waals surface area contributed by atoms with Crippen molar-refractivity contribution in [3.8, 4) is 0 Å². The molecule has 0 saturated carbocycles. The molecule has 0 fully saturated rings. The van der Waals surface area contributed by atoms with Crippen LogP contribution >= 0.6 is 0 Å². The topological polar surface area (TPSA) is 67.2 Å². The lowest BCUT2D eigenvalue weighted by Crippen LogP contribution is -2.20. The van der Waals surface area contributed by atoms with E-state index in [0.717, 1.165) is 28.1 Å². The number of amides is 2. The molecule has 0 radical (unpaired) electrons. The highest BCUT2D eigenvalue weighted by atomic mass is 16.2. The van der Waals surface area contributed by atoms with Gasteiger partial charge in [-0.15, -0.1) is 0 Å². The van der Waals surface area contributed by atoms with Crippen molar-refractivity contribution >= 4 is 17.4 Å². The van der Waals surface area contributed by atoms with Crippen LogP contribution in [0.5, 0.6) is 0 Å². The lowest BCUT2D eigenvalue weighted by molar-refractivity contribution is 0.262. The molecule has 0 aliphatic carbocycles. The third kappa shape index (κ3) is 4.07. The van der Waals surface area contributed by atoms with Crippen LogP contribution in [-0.2, 0) is 0 Å². The van der Waals surface area contributed by atoms with Crippen LogP contribution in [0.25, 0.3) is 0 Å². The van der Waals surface area contributed by atoms with Gasteiger partial charge in [-0.2, -0.15) is 0 Å². The van der Waals surface area contributed by atoms with Gasteiger partial charge in [-0.25, -0.2) is 4.79 Å². The zero-order valence-corrected chi connectivity index (χ0v) is 12.6. The molecule has 2 aromatic carbocycles. The highest BCUT2D eigenvalue weighted by molar-refractivity contribution is 6.00. The molecule has 110 valence electrons. The van der Waals surface area contributed by atoms with E-state index in [2.05, 4.69) is 10.6 Å². The number of benzene rings is 2. The summed E-state index contributed by atoms with van der Waals surface area (Å²) >= 11 is 0. The van der Waals surface area contributed by atoms with Gasteiger partial charge in [-0.1, -0.05) is 24.3 Å². The number of anilines is 2. The molecule has 0 heterocycles. The summed E-state index contributed by atoms with van der Waals surface area (Å²) in [6, 6.07) is 13.2. The minimum absolute atomic E-state index is 0.0613. The highest BCUT2D eigenvalue weighted by Crippen LogP contribution is 2.18. The van der Waals surface area contributed by atoms with Crippen LogP contribution in [0.3, 0.4) is 0 Å². The molecule has 1 atom stereocenters. The Bertz CT molecular complexity index is 650. The summed E-state index contributed by atoms with van der Waals surface area (Å²) in [5, 5.41) is 5.69. The van der Waals surface area contributed by atoms with Crippen molar-refractivity contribution in [1.29, 1.82) is 0 Å². The lowest BCUT2D eigenvalue weighted by atomic mass is 10.1. The van der Waals surface area contributed by atoms with Crippen LogP contribution in [0.4, 0.5) is 16.2 Å². The van der Waals surface area contributed by atoms with Crippen molar-refractivity contribution in [1.82, 2.24) is 0 Å². The van der Waals surface area contributed by atoms with E-state index in [-0.39, 0.29) is 12.1 Å². The molecule has 21 heavy (non-hydrogen) atoms. The predicted molar refractivity (Wildman–Crippen MR) is 87.6 cm³/mol. The molecule has 0 aliphatic heterocycles. The lowest BCUT2D eigenvalue weighted by Gasteiger charge is -2.12. The Morgan fingerprint density at radius 3 is 2.57 bits per heavy atom. The first kappa shape index (κ1) is 15.1. The van der Waals surface area contributed by atoms with Gasteiger partial charge in [0.15, 0.2) is 0 Å². The summed E-state index contributed by atoms with van der Waals surface area (Å²) in [7, 11) is 0. The first-order valence-corrected chi connectivity index (χ1v) is 6.96. The molecule has 0 saturated heterocycles. The van der Waals surface area contributed by atoms with Gasteiger partial charge in [0.1, 0.15) is 0 Å². The third-order valence-corrected chi connectivity index (χ3v) is 3.31. The van der Waals surface area contributed by atoms with Crippen LogP contribution < -0.4 is 16.4 Å². The van der Waals surface area contributed by atoms with Gasteiger partial charge >= 0.3 is 6.03 Å². The van der Waals surface area contributed by atoms with E-state index >= 15 is 0 Å². The molecule has 0 bridgehead atoms. The third-order valence-electron chi connectivity index (χ3n) is 3.31. The second-order valence-electron chi connectivity index (χ2n) is 5.31. The Labute approximate surface area is 125 Å². The van der Waals surface area contributed by atoms with E-state index in [1.54, 1.807) is 0 Å². The molecular formula is C17H21N3O. The maximum absolute atomic E-state index is 12.1. The Morgan fingerprint density at radius 1 is 1.10 bits per heavy atom. The fraction of sp³-hybridized carbons (Fsp3) is 0.235. The van der Waals surface area contributed by atoms with Gasteiger partial charge in [-0.3, -0.25) is 0 Å². The van der Waals surface area contributed by atoms with Gasteiger partial charge in [-0.05, 0) is 55.7 Å². The fourth-order valence-corrected chi connectivity index (χ4v) is 2.05. The molecule has 4 N–H and O–H groups in total. The van der Waals surface area contributed by atoms with Crippen LogP contribution in [0.15, 0.2) is 42.5 Å². The van der Waals surface area contributed by atoms with Crippen LogP contribution in [-0.4, -0.2) is 6.03 Å². The zero-order valence-electron chi connectivity index (χ0n) is 12.6. The number of rotatable bonds is 3. The summed E-state index contributed by atoms with van der Waals surface area (Å²) in [6.45, 7) is 5.87. The fourth-order valence-electron chi connectivity index (χ4n) is 2.05. The predicted octanol–water partition coefficient (Wildman–Crippen LogP) is 3.97. The molecule has 0 spiro atoms. The second kappa shape index (κ2) is 6.41. The molecule has 2 aromatic rings. The van der Waals surface area contributed by atoms with Crippen LogP contribution in [0, 0.1) is 13.8 Å². The molecule has 4 nitrogen and oxygen atoms in total. The molecular weight excluding hydrogens is 262 g/mol. The number of carbonyl (C=O) groups excluding carboxylic acids is 1. The zero-order chi connectivity index (χ0) is 15.4. The Kier molecular flexibility index (Phi) is 4.60. The summed E-state index contributed by atoms with van der Waals surface area (Å²) in [5.41, 5.74) is 10.5. The Morgan fingerprint density at radius 2 is 1.86 bits per heavy atom. The monoisotopic (exact) mass is 283 g/mol. The van der Waals surface area contributed by atoms with Gasteiger partial charge < -0.3 is 16.4 Å². The minimum atomic E-state index is -0.259. The van der Waals surface area contributed by atoms with Crippen molar-refractivity contribution in [3.63, 3.8) is 0 Å². The summed E-state index contributed by atoms with van der Waals surface area (Å²) < 4.78 is 0. The van der Waals surface area contributed by atoms with Gasteiger partial charge in [0.25, 0.3) is 0 Å². The molecule has 2 rings (SSSR count). The maximum atomic E-state index is 12.1. The first-order valence-electron chi connectivity index (χ1n) is 6.96. The van der Waals surface area contributed by atoms with E-state index < -0.39 is 0 Å². The molecule has 1 unspecified atom stereocenters. The number of hydrogen-bond acceptors (Lipinski definition) is 2. The SMILES string of the molecule is Cc1ccc(C)c(NC(=O)Nc2cccc(C(C)N)c2)c1. The number of aryl methyl sites for hydroxylation is 2. The summed E-state index contributed by atoms with van der Waals surface area (Å²) in [4.78, 5) is 12.1. The van der Waals surface area contributed by atoms with Crippen molar-refractivity contribution in [2.75, 3.05) is 10.6 Å². The number of hydrogen-bond donors (Lipinski definition) is 3. The number of nitrogens with two attached hydrogens (primary N) is 1. The first-order chi connectivity index (χ1) is 9.95. The molecule has 2 amide bonds. The van der Waals surface area contributed by atoms with Crippen LogP contribution in [0.1, 0.15) is 29.7 Å². The summed E-state index contributed by atoms with van der Waals surface area (Å²) in [5.74, 6) is 0. The van der Waals surface area contributed by atoms with E-state index in [1.165, 1.54) is 0 Å². The van der Waals surface area contributed by atoms with E-state index in [9.17, 15) is 4.79 Å². The molecule has 0 aliphatic rings. The maximum Gasteiger partial charge on any atom is 0.323 e. The largest absolute Gasteiger partial charge is 0.324 e. The van der Waals surface area contributed by atoms with Gasteiger partial charge in [0.05, 0.1) is 0 Å². The standard InChI is InChI=1S/C17H21N3O/c1-11-7-8-12(2)16(9-11)20-17(21)19-15-6-4-5-14(10-15)13(3)18/h4-10,13H,18H2,1-3H3,(H2,19,20,21). The number of carbonyl (C=O) groups is 1. The van der Waals surface area contributed by atoms with Gasteiger partial charge in [0, 0.05) is 17.4 Å². The average molecular weight is 283 g/mol. The Balaban J connectivity index is 2.08. The smallest absolute Gasteiger partial charge is 0.323 e. The van der Waals surface area contributed by atoms with Crippen molar-refractivity contribution in [2.45, 2.75) is 26.8 Å².